The van der Waals surface area contributed by atoms with Gasteiger partial charge in [-0.3, -0.25) is 8.96 Å². The topological polar surface area (TPSA) is 57.5 Å². The minimum absolute atomic E-state index is 0.215. The molecule has 0 aliphatic carbocycles. The van der Waals surface area contributed by atoms with Gasteiger partial charge in [-0.1, -0.05) is 52.0 Å². The van der Waals surface area contributed by atoms with E-state index in [4.69, 9.17) is 0 Å². The van der Waals surface area contributed by atoms with Crippen LogP contribution in [0.2, 0.25) is 0 Å². The van der Waals surface area contributed by atoms with Gasteiger partial charge >= 0.3 is 0 Å². The molecule has 29 heavy (non-hydrogen) atoms. The standard InChI is InChI=1S/C23H33O3P.CH3F/c1-15(2)13-27(25,26)14-20-9-17(5)22(18(6)10-20)12-19-7-8-23(24)21(11-19)16(3)4;1-2/h7-11,15-16,24H,12-14H2,1-6H3,(H,25,26);1H3. The zero-order valence-electron chi connectivity index (χ0n) is 18.8. The van der Waals surface area contributed by atoms with Crippen molar-refractivity contribution in [1.29, 1.82) is 0 Å². The molecule has 0 amide bonds. The smallest absolute Gasteiger partial charge is 0.205 e. The lowest BCUT2D eigenvalue weighted by Crippen LogP contribution is -2.03. The predicted molar refractivity (Wildman–Crippen MR) is 121 cm³/mol. The first-order valence-electron chi connectivity index (χ1n) is 10.1. The highest BCUT2D eigenvalue weighted by Gasteiger charge is 2.21. The van der Waals surface area contributed by atoms with Gasteiger partial charge in [0.2, 0.25) is 7.37 Å². The average Bonchev–Trinajstić information content (AvgIpc) is 2.59. The maximum absolute atomic E-state index is 12.5. The molecule has 0 saturated carbocycles. The third kappa shape index (κ3) is 7.60. The number of phenols is 1. The van der Waals surface area contributed by atoms with Gasteiger partial charge in [-0.2, -0.15) is 0 Å². The SMILES string of the molecule is CF.Cc1cc(CP(=O)(O)CC(C)C)cc(C)c1Cc1ccc(O)c(C(C)C)c1. The third-order valence-electron chi connectivity index (χ3n) is 4.93. The number of rotatable bonds is 7. The van der Waals surface area contributed by atoms with Crippen LogP contribution in [0.3, 0.4) is 0 Å². The van der Waals surface area contributed by atoms with Gasteiger partial charge in [-0.15, -0.1) is 0 Å². The summed E-state index contributed by atoms with van der Waals surface area (Å²) in [5.41, 5.74) is 6.62. The van der Waals surface area contributed by atoms with Gasteiger partial charge in [0.1, 0.15) is 5.75 Å². The maximum atomic E-state index is 12.5. The highest BCUT2D eigenvalue weighted by molar-refractivity contribution is 7.57. The summed E-state index contributed by atoms with van der Waals surface area (Å²) in [5.74, 6) is 0.836. The zero-order chi connectivity index (χ0) is 22.4. The van der Waals surface area contributed by atoms with Crippen LogP contribution < -0.4 is 0 Å². The molecule has 0 aliphatic rings. The van der Waals surface area contributed by atoms with Crippen molar-refractivity contribution in [2.45, 2.75) is 60.0 Å². The molecule has 1 atom stereocenters. The van der Waals surface area contributed by atoms with E-state index in [1.807, 2.05) is 19.9 Å². The summed E-state index contributed by atoms with van der Waals surface area (Å²) in [6.07, 6.45) is 1.39. The fraction of sp³-hybridized carbons (Fsp3) is 0.500. The van der Waals surface area contributed by atoms with Crippen molar-refractivity contribution < 1.29 is 19.0 Å². The summed E-state index contributed by atoms with van der Waals surface area (Å²) in [5, 5.41) is 10.0. The monoisotopic (exact) mass is 422 g/mol. The van der Waals surface area contributed by atoms with Gasteiger partial charge in [0.25, 0.3) is 0 Å². The molecule has 0 heterocycles. The Labute approximate surface area is 175 Å². The van der Waals surface area contributed by atoms with E-state index in [9.17, 15) is 19.0 Å². The first-order chi connectivity index (χ1) is 13.5. The molecule has 0 radical (unpaired) electrons. The van der Waals surface area contributed by atoms with Crippen molar-refractivity contribution in [2.75, 3.05) is 13.3 Å². The fourth-order valence-electron chi connectivity index (χ4n) is 3.75. The Morgan fingerprint density at radius 3 is 2.00 bits per heavy atom. The van der Waals surface area contributed by atoms with E-state index in [1.165, 1.54) is 11.1 Å². The largest absolute Gasteiger partial charge is 0.508 e. The zero-order valence-corrected chi connectivity index (χ0v) is 19.7. The van der Waals surface area contributed by atoms with Gasteiger partial charge in [-0.05, 0) is 71.6 Å². The summed E-state index contributed by atoms with van der Waals surface area (Å²) in [6.45, 7) is 12.3. The van der Waals surface area contributed by atoms with Crippen molar-refractivity contribution >= 4 is 7.37 Å². The third-order valence-corrected chi connectivity index (χ3v) is 7.09. The Bertz CT molecular complexity index is 836. The van der Waals surface area contributed by atoms with Crippen LogP contribution in [-0.2, 0) is 17.1 Å². The van der Waals surface area contributed by atoms with Crippen LogP contribution in [0.4, 0.5) is 4.39 Å². The summed E-state index contributed by atoms with van der Waals surface area (Å²) < 4.78 is 22.0. The molecule has 0 spiro atoms. The quantitative estimate of drug-likeness (QED) is 0.486. The average molecular weight is 423 g/mol. The lowest BCUT2D eigenvalue weighted by molar-refractivity contribution is 0.464. The van der Waals surface area contributed by atoms with Crippen LogP contribution in [0.5, 0.6) is 5.75 Å². The van der Waals surface area contributed by atoms with Crippen LogP contribution in [-0.4, -0.2) is 23.3 Å². The molecule has 0 aromatic heterocycles. The number of phenolic OH excluding ortho intramolecular Hbond substituents is 1. The van der Waals surface area contributed by atoms with Crippen LogP contribution in [0.1, 0.15) is 67.0 Å². The molecule has 2 aromatic rings. The Balaban J connectivity index is 0.00000204. The fourth-order valence-corrected chi connectivity index (χ4v) is 5.78. The Kier molecular flexibility index (Phi) is 9.58. The van der Waals surface area contributed by atoms with E-state index in [0.29, 0.717) is 19.1 Å². The second-order valence-electron chi connectivity index (χ2n) is 8.51. The van der Waals surface area contributed by atoms with E-state index in [0.717, 1.165) is 28.7 Å². The Hall–Kier alpha value is -1.64. The second-order valence-corrected chi connectivity index (χ2v) is 10.9. The summed E-state index contributed by atoms with van der Waals surface area (Å²) in [7, 11) is -2.64. The van der Waals surface area contributed by atoms with E-state index in [1.54, 1.807) is 6.07 Å². The first-order valence-corrected chi connectivity index (χ1v) is 12.1. The molecule has 3 nitrogen and oxygen atoms in total. The summed E-state index contributed by atoms with van der Waals surface area (Å²) in [6, 6.07) is 9.93. The maximum Gasteiger partial charge on any atom is 0.205 e. The molecule has 2 N–H and O–H groups in total. The Morgan fingerprint density at radius 1 is 0.966 bits per heavy atom. The molecule has 0 fully saturated rings. The van der Waals surface area contributed by atoms with Crippen molar-refractivity contribution in [3.8, 4) is 5.75 Å². The van der Waals surface area contributed by atoms with Crippen LogP contribution >= 0.6 is 7.37 Å². The molecule has 2 rings (SSSR count). The number of hydrogen-bond donors (Lipinski definition) is 2. The predicted octanol–water partition coefficient (Wildman–Crippen LogP) is 6.74. The molecular weight excluding hydrogens is 386 g/mol. The first kappa shape index (κ1) is 25.4. The van der Waals surface area contributed by atoms with Crippen LogP contribution in [0.25, 0.3) is 0 Å². The molecule has 5 heteroatoms. The van der Waals surface area contributed by atoms with Gasteiger partial charge in [-0.25, -0.2) is 0 Å². The number of hydrogen-bond acceptors (Lipinski definition) is 2. The lowest BCUT2D eigenvalue weighted by Gasteiger charge is -2.17. The van der Waals surface area contributed by atoms with Gasteiger partial charge in [0.05, 0.1) is 7.18 Å². The molecule has 0 aliphatic heterocycles. The summed E-state index contributed by atoms with van der Waals surface area (Å²) in [4.78, 5) is 10.3. The van der Waals surface area contributed by atoms with Crippen molar-refractivity contribution in [3.63, 3.8) is 0 Å². The molecule has 0 saturated heterocycles. The van der Waals surface area contributed by atoms with Gasteiger partial charge in [0, 0.05) is 12.3 Å². The normalized spacial score (nSPS) is 13.2. The minimum Gasteiger partial charge on any atom is -0.508 e. The van der Waals surface area contributed by atoms with Crippen LogP contribution in [0, 0.1) is 19.8 Å². The highest BCUT2D eigenvalue weighted by Crippen LogP contribution is 2.46. The van der Waals surface area contributed by atoms with Crippen LogP contribution in [0.15, 0.2) is 30.3 Å². The van der Waals surface area contributed by atoms with E-state index >= 15 is 0 Å². The summed E-state index contributed by atoms with van der Waals surface area (Å²) >= 11 is 0. The lowest BCUT2D eigenvalue weighted by atomic mass is 9.92. The van der Waals surface area contributed by atoms with Gasteiger partial charge in [0.15, 0.2) is 0 Å². The molecule has 162 valence electrons. The number of aryl methyl sites for hydroxylation is 2. The number of aromatic hydroxyl groups is 1. The number of benzene rings is 2. The van der Waals surface area contributed by atoms with Crippen molar-refractivity contribution in [3.05, 3.63) is 63.7 Å². The van der Waals surface area contributed by atoms with E-state index in [2.05, 4.69) is 45.9 Å². The molecular formula is C24H36FO3P. The van der Waals surface area contributed by atoms with Crippen molar-refractivity contribution in [1.82, 2.24) is 0 Å². The number of alkyl halides is 1. The molecule has 2 aromatic carbocycles. The Morgan fingerprint density at radius 2 is 1.52 bits per heavy atom. The highest BCUT2D eigenvalue weighted by atomic mass is 31.2. The minimum atomic E-state index is -3.14. The van der Waals surface area contributed by atoms with Crippen molar-refractivity contribution in [2.24, 2.45) is 5.92 Å². The van der Waals surface area contributed by atoms with E-state index < -0.39 is 7.37 Å². The molecule has 1 unspecified atom stereocenters. The van der Waals surface area contributed by atoms with Gasteiger partial charge < -0.3 is 10.00 Å². The molecule has 0 bridgehead atoms. The number of halogens is 1. The second kappa shape index (κ2) is 10.9. The van der Waals surface area contributed by atoms with E-state index in [-0.39, 0.29) is 18.0 Å².